The van der Waals surface area contributed by atoms with E-state index in [1.54, 1.807) is 30.3 Å². The van der Waals surface area contributed by atoms with Crippen molar-refractivity contribution in [3.63, 3.8) is 0 Å². The number of halogens is 1. The molecule has 0 fully saturated rings. The fraction of sp³-hybridized carbons (Fsp3) is 0.238. The molecule has 10 heteroatoms. The van der Waals surface area contributed by atoms with Crippen LogP contribution in [0, 0.1) is 0 Å². The van der Waals surface area contributed by atoms with E-state index in [0.29, 0.717) is 40.3 Å². The van der Waals surface area contributed by atoms with Gasteiger partial charge in [-0.1, -0.05) is 29.8 Å². The number of allylic oxidation sites excluding steroid dienone is 1. The highest BCUT2D eigenvalue weighted by atomic mass is 35.5. The number of urea groups is 1. The summed E-state index contributed by atoms with van der Waals surface area (Å²) in [5.41, 5.74) is 1.47. The molecule has 166 valence electrons. The lowest BCUT2D eigenvalue weighted by Gasteiger charge is -2.13. The Kier molecular flexibility index (Phi) is 8.47. The molecule has 0 bridgehead atoms. The van der Waals surface area contributed by atoms with Crippen LogP contribution >= 0.6 is 11.6 Å². The van der Waals surface area contributed by atoms with Crippen LogP contribution in [0.2, 0.25) is 5.02 Å². The number of rotatable bonds is 9. The summed E-state index contributed by atoms with van der Waals surface area (Å²) in [6.45, 7) is 3.88. The SMILES string of the molecule is C=CCc1ccc(CCNC(=O)c2cc(Cl)ccc2OC)cc1S(=O)(=O)NC(=O)NC. The number of carbonyl (C=O) groups is 2. The largest absolute Gasteiger partial charge is 0.496 e. The molecule has 0 aliphatic rings. The zero-order chi connectivity index (χ0) is 23.0. The van der Waals surface area contributed by atoms with Gasteiger partial charge in [-0.05, 0) is 48.2 Å². The van der Waals surface area contributed by atoms with Crippen molar-refractivity contribution < 1.29 is 22.7 Å². The monoisotopic (exact) mass is 465 g/mol. The van der Waals surface area contributed by atoms with Gasteiger partial charge in [0.2, 0.25) is 0 Å². The Labute approximate surface area is 186 Å². The first-order valence-electron chi connectivity index (χ1n) is 9.30. The van der Waals surface area contributed by atoms with Crippen molar-refractivity contribution in [2.24, 2.45) is 0 Å². The third kappa shape index (κ3) is 6.47. The molecule has 0 spiro atoms. The molecule has 0 atom stereocenters. The number of ether oxygens (including phenoxy) is 1. The summed E-state index contributed by atoms with van der Waals surface area (Å²) < 4.78 is 32.4. The summed E-state index contributed by atoms with van der Waals surface area (Å²) in [6.07, 6.45) is 2.26. The number of methoxy groups -OCH3 is 1. The zero-order valence-corrected chi connectivity index (χ0v) is 18.8. The molecule has 3 N–H and O–H groups in total. The van der Waals surface area contributed by atoms with Crippen LogP contribution in [0.4, 0.5) is 4.79 Å². The number of amides is 3. The van der Waals surface area contributed by atoms with Gasteiger partial charge in [0, 0.05) is 18.6 Å². The quantitative estimate of drug-likeness (QED) is 0.493. The molecule has 0 unspecified atom stereocenters. The van der Waals surface area contributed by atoms with E-state index in [1.807, 2.05) is 4.72 Å². The molecule has 0 aromatic heterocycles. The maximum absolute atomic E-state index is 12.6. The van der Waals surface area contributed by atoms with E-state index in [1.165, 1.54) is 26.3 Å². The molecule has 2 aromatic carbocycles. The third-order valence-electron chi connectivity index (χ3n) is 4.34. The Hall–Kier alpha value is -3.04. The van der Waals surface area contributed by atoms with Gasteiger partial charge in [0.15, 0.2) is 0 Å². The average Bonchev–Trinajstić information content (AvgIpc) is 2.74. The smallest absolute Gasteiger partial charge is 0.328 e. The van der Waals surface area contributed by atoms with Gasteiger partial charge in [-0.3, -0.25) is 4.79 Å². The first-order valence-corrected chi connectivity index (χ1v) is 11.2. The predicted molar refractivity (Wildman–Crippen MR) is 119 cm³/mol. The summed E-state index contributed by atoms with van der Waals surface area (Å²) >= 11 is 5.96. The number of benzene rings is 2. The second kappa shape index (κ2) is 10.8. The van der Waals surface area contributed by atoms with E-state index in [2.05, 4.69) is 17.2 Å². The van der Waals surface area contributed by atoms with Gasteiger partial charge in [-0.2, -0.15) is 0 Å². The van der Waals surface area contributed by atoms with Gasteiger partial charge >= 0.3 is 6.03 Å². The summed E-state index contributed by atoms with van der Waals surface area (Å²) in [5, 5.41) is 5.39. The normalized spacial score (nSPS) is 10.8. The van der Waals surface area contributed by atoms with Crippen LogP contribution in [0.25, 0.3) is 0 Å². The molecular weight excluding hydrogens is 442 g/mol. The molecule has 2 rings (SSSR count). The van der Waals surface area contributed by atoms with Crippen molar-refractivity contribution in [3.8, 4) is 5.75 Å². The fourth-order valence-corrected chi connectivity index (χ4v) is 4.26. The molecule has 0 aliphatic heterocycles. The first-order chi connectivity index (χ1) is 14.7. The molecule has 8 nitrogen and oxygen atoms in total. The summed E-state index contributed by atoms with van der Waals surface area (Å²) in [6, 6.07) is 8.81. The van der Waals surface area contributed by atoms with Gasteiger partial charge in [-0.15, -0.1) is 6.58 Å². The van der Waals surface area contributed by atoms with Gasteiger partial charge in [0.1, 0.15) is 5.75 Å². The maximum atomic E-state index is 12.6. The van der Waals surface area contributed by atoms with Crippen LogP contribution in [0.5, 0.6) is 5.75 Å². The van der Waals surface area contributed by atoms with Crippen molar-refractivity contribution in [2.75, 3.05) is 20.7 Å². The molecule has 0 radical (unpaired) electrons. The van der Waals surface area contributed by atoms with E-state index in [-0.39, 0.29) is 17.3 Å². The lowest BCUT2D eigenvalue weighted by atomic mass is 10.1. The van der Waals surface area contributed by atoms with E-state index in [0.717, 1.165) is 0 Å². The highest BCUT2D eigenvalue weighted by molar-refractivity contribution is 7.90. The second-order valence-electron chi connectivity index (χ2n) is 6.47. The predicted octanol–water partition coefficient (Wildman–Crippen LogP) is 2.67. The zero-order valence-electron chi connectivity index (χ0n) is 17.2. The number of hydrogen-bond acceptors (Lipinski definition) is 5. The van der Waals surface area contributed by atoms with Crippen molar-refractivity contribution >= 4 is 33.6 Å². The van der Waals surface area contributed by atoms with Crippen molar-refractivity contribution in [1.29, 1.82) is 0 Å². The molecule has 0 saturated heterocycles. The van der Waals surface area contributed by atoms with Gasteiger partial charge in [-0.25, -0.2) is 17.9 Å². The Morgan fingerprint density at radius 2 is 1.94 bits per heavy atom. The lowest BCUT2D eigenvalue weighted by molar-refractivity contribution is 0.0951. The topological polar surface area (TPSA) is 114 Å². The number of nitrogens with one attached hydrogen (secondary N) is 3. The van der Waals surface area contributed by atoms with Crippen LogP contribution in [0.1, 0.15) is 21.5 Å². The Morgan fingerprint density at radius 1 is 1.19 bits per heavy atom. The van der Waals surface area contributed by atoms with Crippen LogP contribution in [-0.2, 0) is 22.9 Å². The molecule has 0 aliphatic carbocycles. The lowest BCUT2D eigenvalue weighted by Crippen LogP contribution is -2.37. The summed E-state index contributed by atoms with van der Waals surface area (Å²) in [7, 11) is -1.29. The average molecular weight is 466 g/mol. The molecular formula is C21H24ClN3O5S. The molecule has 3 amide bonds. The Balaban J connectivity index is 2.17. The molecule has 31 heavy (non-hydrogen) atoms. The van der Waals surface area contributed by atoms with Crippen molar-refractivity contribution in [3.05, 3.63) is 70.8 Å². The summed E-state index contributed by atoms with van der Waals surface area (Å²) in [5.74, 6) is 0.0288. The van der Waals surface area contributed by atoms with Gasteiger partial charge < -0.3 is 15.4 Å². The van der Waals surface area contributed by atoms with Crippen molar-refractivity contribution in [1.82, 2.24) is 15.4 Å². The van der Waals surface area contributed by atoms with Crippen LogP contribution < -0.4 is 20.1 Å². The van der Waals surface area contributed by atoms with E-state index < -0.39 is 16.1 Å². The van der Waals surface area contributed by atoms with Crippen LogP contribution in [0.15, 0.2) is 53.9 Å². The number of hydrogen-bond donors (Lipinski definition) is 3. The number of sulfonamides is 1. The van der Waals surface area contributed by atoms with E-state index >= 15 is 0 Å². The van der Waals surface area contributed by atoms with Gasteiger partial charge in [0.25, 0.3) is 15.9 Å². The summed E-state index contributed by atoms with van der Waals surface area (Å²) in [4.78, 5) is 24.0. The maximum Gasteiger partial charge on any atom is 0.328 e. The highest BCUT2D eigenvalue weighted by Gasteiger charge is 2.21. The van der Waals surface area contributed by atoms with E-state index in [4.69, 9.17) is 16.3 Å². The minimum Gasteiger partial charge on any atom is -0.496 e. The van der Waals surface area contributed by atoms with E-state index in [9.17, 15) is 18.0 Å². The molecule has 0 saturated carbocycles. The Bertz CT molecular complexity index is 1090. The molecule has 0 heterocycles. The second-order valence-corrected chi connectivity index (χ2v) is 8.56. The van der Waals surface area contributed by atoms with Crippen LogP contribution in [-0.4, -0.2) is 41.1 Å². The standard InChI is InChI=1S/C21H24ClN3O5S/c1-4-5-15-7-6-14(12-19(15)31(28,29)25-21(27)23-2)10-11-24-20(26)17-13-16(22)8-9-18(17)30-3/h4,6-9,12-13H,1,5,10-11H2,2-3H3,(H,24,26)(H2,23,25,27). The fourth-order valence-electron chi connectivity index (χ4n) is 2.83. The Morgan fingerprint density at radius 3 is 2.58 bits per heavy atom. The molecule has 2 aromatic rings. The minimum absolute atomic E-state index is 0.0173. The van der Waals surface area contributed by atoms with Crippen LogP contribution in [0.3, 0.4) is 0 Å². The van der Waals surface area contributed by atoms with Gasteiger partial charge in [0.05, 0.1) is 17.6 Å². The minimum atomic E-state index is -4.07. The van der Waals surface area contributed by atoms with Crippen molar-refractivity contribution in [2.45, 2.75) is 17.7 Å². The third-order valence-corrected chi connectivity index (χ3v) is 5.99. The number of carbonyl (C=O) groups excluding carboxylic acids is 2. The highest BCUT2D eigenvalue weighted by Crippen LogP contribution is 2.23. The first kappa shape index (κ1) is 24.2.